The third kappa shape index (κ3) is 5.78. The Balaban J connectivity index is 1.67. The topological polar surface area (TPSA) is 56.6 Å². The van der Waals surface area contributed by atoms with Crippen molar-refractivity contribution in [1.82, 2.24) is 14.5 Å². The Morgan fingerprint density at radius 2 is 1.97 bits per heavy atom. The van der Waals surface area contributed by atoms with Crippen LogP contribution in [0.2, 0.25) is 25.7 Å². The molecule has 1 unspecified atom stereocenters. The average Bonchev–Trinajstić information content (AvgIpc) is 3.48. The van der Waals surface area contributed by atoms with Gasteiger partial charge in [-0.1, -0.05) is 19.6 Å². The summed E-state index contributed by atoms with van der Waals surface area (Å²) in [5, 5.41) is 4.34. The highest BCUT2D eigenvalue weighted by Gasteiger charge is 2.36. The van der Waals surface area contributed by atoms with Crippen LogP contribution in [0.4, 0.5) is 4.79 Å². The van der Waals surface area contributed by atoms with Crippen molar-refractivity contribution in [3.8, 4) is 11.3 Å². The highest BCUT2D eigenvalue weighted by Crippen LogP contribution is 2.43. The van der Waals surface area contributed by atoms with E-state index in [-0.39, 0.29) is 12.1 Å². The Morgan fingerprint density at radius 3 is 2.68 bits per heavy atom. The van der Waals surface area contributed by atoms with Crippen molar-refractivity contribution in [2.45, 2.75) is 77.7 Å². The summed E-state index contributed by atoms with van der Waals surface area (Å²) in [6.45, 7) is 14.6. The minimum Gasteiger partial charge on any atom is -0.444 e. The van der Waals surface area contributed by atoms with Gasteiger partial charge in [-0.05, 0) is 55.6 Å². The molecule has 0 saturated carbocycles. The fourth-order valence-electron chi connectivity index (χ4n) is 4.08. The van der Waals surface area contributed by atoms with E-state index in [1.807, 2.05) is 31.9 Å². The first-order valence-corrected chi connectivity index (χ1v) is 18.0. The number of likely N-dealkylation sites (tertiary alicyclic amines) is 1. The molecule has 1 saturated heterocycles. The number of halogens is 1. The van der Waals surface area contributed by atoms with Crippen LogP contribution in [0.15, 0.2) is 21.4 Å². The molecule has 34 heavy (non-hydrogen) atoms. The maximum Gasteiger partial charge on any atom is 0.410 e. The van der Waals surface area contributed by atoms with Crippen LogP contribution in [0.5, 0.6) is 0 Å². The number of nitrogens with zero attached hydrogens (tertiary/aromatic N) is 3. The molecular weight excluding hydrogens is 550 g/mol. The number of hydrogen-bond acceptors (Lipinski definition) is 6. The molecule has 0 aliphatic carbocycles. The van der Waals surface area contributed by atoms with Crippen molar-refractivity contribution in [2.75, 3.05) is 13.2 Å². The van der Waals surface area contributed by atoms with Crippen LogP contribution in [0.25, 0.3) is 20.7 Å². The largest absolute Gasteiger partial charge is 0.444 e. The minimum atomic E-state index is -1.19. The number of fused-ring (bicyclic) bond motifs is 1. The van der Waals surface area contributed by atoms with Gasteiger partial charge in [-0.3, -0.25) is 4.90 Å². The molecule has 1 aliphatic heterocycles. The molecule has 3 aromatic rings. The van der Waals surface area contributed by atoms with Gasteiger partial charge in [-0.2, -0.15) is 0 Å². The average molecular weight is 585 g/mol. The van der Waals surface area contributed by atoms with Gasteiger partial charge in [0.05, 0.1) is 27.3 Å². The van der Waals surface area contributed by atoms with E-state index in [1.165, 1.54) is 15.0 Å². The van der Waals surface area contributed by atoms with Crippen LogP contribution in [-0.2, 0) is 16.2 Å². The van der Waals surface area contributed by atoms with E-state index in [4.69, 9.17) is 14.5 Å². The van der Waals surface area contributed by atoms with Gasteiger partial charge in [0.1, 0.15) is 18.2 Å². The predicted molar refractivity (Wildman–Crippen MR) is 148 cm³/mol. The molecule has 0 spiro atoms. The molecule has 0 bridgehead atoms. The lowest BCUT2D eigenvalue weighted by molar-refractivity contribution is 0.0204. The summed E-state index contributed by atoms with van der Waals surface area (Å²) >= 11 is 7.14. The number of ether oxygens (including phenoxy) is 2. The van der Waals surface area contributed by atoms with Gasteiger partial charge in [-0.25, -0.2) is 9.78 Å². The quantitative estimate of drug-likeness (QED) is 0.209. The summed E-state index contributed by atoms with van der Waals surface area (Å²) < 4.78 is 17.7. The molecule has 0 radical (unpaired) electrons. The maximum atomic E-state index is 13.0. The summed E-state index contributed by atoms with van der Waals surface area (Å²) in [6.07, 6.45) is 3.47. The summed E-state index contributed by atoms with van der Waals surface area (Å²) in [6, 6.07) is 0.994. The van der Waals surface area contributed by atoms with Crippen LogP contribution in [0, 0.1) is 0 Å². The van der Waals surface area contributed by atoms with E-state index in [0.29, 0.717) is 13.3 Å². The van der Waals surface area contributed by atoms with Crippen molar-refractivity contribution in [1.29, 1.82) is 0 Å². The highest BCUT2D eigenvalue weighted by atomic mass is 79.9. The first-order valence-electron chi connectivity index (χ1n) is 11.7. The molecule has 1 aliphatic rings. The molecular formula is C24H34BrN3O3S2Si. The lowest BCUT2D eigenvalue weighted by Crippen LogP contribution is -2.37. The standard InChI is InChI=1S/C24H34BrN3O3S2Si/c1-24(2,3)31-23(29)27-9-7-8-18(27)22-26-12-19(28(22)15-30-10-11-34(4,5)6)16-13-32-21-17(25)14-33-20(16)21/h12-14,18H,7-11,15H2,1-6H3. The van der Waals surface area contributed by atoms with Gasteiger partial charge in [0.25, 0.3) is 0 Å². The van der Waals surface area contributed by atoms with Crippen molar-refractivity contribution in [3.05, 3.63) is 27.3 Å². The maximum absolute atomic E-state index is 13.0. The van der Waals surface area contributed by atoms with Crippen LogP contribution >= 0.6 is 38.6 Å². The van der Waals surface area contributed by atoms with Crippen LogP contribution in [-0.4, -0.2) is 47.4 Å². The van der Waals surface area contributed by atoms with Gasteiger partial charge in [0.2, 0.25) is 0 Å². The number of aromatic nitrogens is 2. The van der Waals surface area contributed by atoms with Crippen LogP contribution in [0.1, 0.15) is 45.5 Å². The molecule has 4 heterocycles. The van der Waals surface area contributed by atoms with E-state index in [9.17, 15) is 4.79 Å². The Bertz CT molecular complexity index is 1160. The summed E-state index contributed by atoms with van der Waals surface area (Å²) in [7, 11) is -1.19. The number of rotatable bonds is 7. The fraction of sp³-hybridized carbons (Fsp3) is 0.583. The normalized spacial score (nSPS) is 17.1. The van der Waals surface area contributed by atoms with Crippen molar-refractivity contribution in [2.24, 2.45) is 0 Å². The number of carbonyl (C=O) groups excluding carboxylic acids is 1. The van der Waals surface area contributed by atoms with Gasteiger partial charge >= 0.3 is 6.09 Å². The van der Waals surface area contributed by atoms with Gasteiger partial charge in [0.15, 0.2) is 0 Å². The molecule has 186 valence electrons. The SMILES string of the molecule is CC(C)(C)OC(=O)N1CCCC1c1ncc(-c2csc3c(Br)csc23)n1COCC[Si](C)(C)C. The van der Waals surface area contributed by atoms with Crippen molar-refractivity contribution in [3.63, 3.8) is 0 Å². The zero-order valence-corrected chi connectivity index (χ0v) is 25.0. The molecule has 6 nitrogen and oxygen atoms in total. The number of amides is 1. The summed E-state index contributed by atoms with van der Waals surface area (Å²) in [4.78, 5) is 19.7. The van der Waals surface area contributed by atoms with Crippen molar-refractivity contribution >= 4 is 62.2 Å². The van der Waals surface area contributed by atoms with Gasteiger partial charge in [-0.15, -0.1) is 22.7 Å². The Hall–Kier alpha value is -1.20. The zero-order chi connectivity index (χ0) is 24.7. The molecule has 1 fully saturated rings. The molecule has 1 amide bonds. The summed E-state index contributed by atoms with van der Waals surface area (Å²) in [5.41, 5.74) is 1.68. The summed E-state index contributed by atoms with van der Waals surface area (Å²) in [5.74, 6) is 0.876. The first kappa shape index (κ1) is 25.9. The lowest BCUT2D eigenvalue weighted by atomic mass is 10.2. The second-order valence-electron chi connectivity index (χ2n) is 11.0. The second-order valence-corrected chi connectivity index (χ2v) is 19.2. The lowest BCUT2D eigenvalue weighted by Gasteiger charge is -2.29. The zero-order valence-electron chi connectivity index (χ0n) is 20.8. The van der Waals surface area contributed by atoms with Crippen LogP contribution < -0.4 is 0 Å². The minimum absolute atomic E-state index is 0.117. The molecule has 3 aromatic heterocycles. The molecule has 1 atom stereocenters. The number of carbonyl (C=O) groups is 1. The third-order valence-corrected chi connectivity index (χ3v) is 10.9. The molecule has 0 aromatic carbocycles. The molecule has 10 heteroatoms. The third-order valence-electron chi connectivity index (χ3n) is 5.80. The number of hydrogen-bond donors (Lipinski definition) is 0. The fourth-order valence-corrected chi connectivity index (χ4v) is 7.88. The highest BCUT2D eigenvalue weighted by molar-refractivity contribution is 9.10. The monoisotopic (exact) mass is 583 g/mol. The number of imidazole rings is 1. The van der Waals surface area contributed by atoms with Crippen LogP contribution in [0.3, 0.4) is 0 Å². The Labute approximate surface area is 219 Å². The number of thiophene rings is 2. The first-order chi connectivity index (χ1) is 15.9. The van der Waals surface area contributed by atoms with Gasteiger partial charge < -0.3 is 14.0 Å². The van der Waals surface area contributed by atoms with E-state index in [1.54, 1.807) is 22.7 Å². The van der Waals surface area contributed by atoms with E-state index in [0.717, 1.165) is 41.5 Å². The van der Waals surface area contributed by atoms with E-state index in [2.05, 4.69) is 50.9 Å². The molecule has 0 N–H and O–H groups in total. The van der Waals surface area contributed by atoms with E-state index < -0.39 is 13.7 Å². The smallest absolute Gasteiger partial charge is 0.410 e. The Kier molecular flexibility index (Phi) is 7.64. The second kappa shape index (κ2) is 10.0. The Morgan fingerprint density at radius 1 is 1.24 bits per heavy atom. The van der Waals surface area contributed by atoms with Crippen molar-refractivity contribution < 1.29 is 14.3 Å². The predicted octanol–water partition coefficient (Wildman–Crippen LogP) is 7.97. The van der Waals surface area contributed by atoms with E-state index >= 15 is 0 Å². The molecule has 4 rings (SSSR count). The van der Waals surface area contributed by atoms with Gasteiger partial charge in [0, 0.05) is 42.0 Å².